The molecule has 0 spiro atoms. The molecule has 1 aliphatic heterocycles. The van der Waals surface area contributed by atoms with Gasteiger partial charge in [-0.2, -0.15) is 10.6 Å². The van der Waals surface area contributed by atoms with Gasteiger partial charge in [0.15, 0.2) is 5.13 Å². The third-order valence-electron chi connectivity index (χ3n) is 4.50. The van der Waals surface area contributed by atoms with Crippen molar-refractivity contribution >= 4 is 73.3 Å². The zero-order valence-electron chi connectivity index (χ0n) is 16.3. The zero-order chi connectivity index (χ0) is 21.3. The monoisotopic (exact) mass is 522 g/mol. The van der Waals surface area contributed by atoms with E-state index in [1.165, 1.54) is 36.0 Å². The standard InChI is InChI=1S/C18H19ClN4O4S3.ClH/c1-27-14-8-11(2-3-20-14)16(24)22-18-21-15(13-9-12(19)10-28-13)17(29-18)23-4-6-30(25,26)7-5-23;/h2-3,8-10,25-26H,4-7H2,1H3,(H,21,22,24);1H. The Morgan fingerprint density at radius 3 is 2.71 bits per heavy atom. The highest BCUT2D eigenvalue weighted by molar-refractivity contribution is 8.24. The first-order valence-corrected chi connectivity index (χ1v) is 12.9. The van der Waals surface area contributed by atoms with E-state index in [2.05, 4.69) is 20.2 Å². The van der Waals surface area contributed by atoms with Crippen LogP contribution in [0, 0.1) is 0 Å². The van der Waals surface area contributed by atoms with E-state index in [1.807, 2.05) is 11.4 Å². The molecule has 1 amide bonds. The summed E-state index contributed by atoms with van der Waals surface area (Å²) in [6.45, 7) is 1.01. The lowest BCUT2D eigenvalue weighted by Gasteiger charge is -2.41. The lowest BCUT2D eigenvalue weighted by Crippen LogP contribution is -2.38. The zero-order valence-corrected chi connectivity index (χ0v) is 20.3. The molecule has 8 nitrogen and oxygen atoms in total. The van der Waals surface area contributed by atoms with E-state index < -0.39 is 10.6 Å². The fraction of sp³-hybridized carbons (Fsp3) is 0.278. The number of hydrogen-bond donors (Lipinski definition) is 3. The Kier molecular flexibility index (Phi) is 7.68. The molecule has 4 heterocycles. The molecule has 1 fully saturated rings. The molecule has 3 N–H and O–H groups in total. The molecule has 0 aliphatic carbocycles. The molecular weight excluding hydrogens is 503 g/mol. The van der Waals surface area contributed by atoms with Gasteiger partial charge in [0.1, 0.15) is 10.7 Å². The van der Waals surface area contributed by atoms with Crippen molar-refractivity contribution in [1.29, 1.82) is 0 Å². The van der Waals surface area contributed by atoms with E-state index in [9.17, 15) is 13.9 Å². The van der Waals surface area contributed by atoms with Gasteiger partial charge >= 0.3 is 0 Å². The summed E-state index contributed by atoms with van der Waals surface area (Å²) in [6.07, 6.45) is 1.51. The van der Waals surface area contributed by atoms with Crippen LogP contribution in [0.2, 0.25) is 5.02 Å². The Balaban J connectivity index is 0.00000272. The molecule has 0 atom stereocenters. The fourth-order valence-electron chi connectivity index (χ4n) is 2.94. The smallest absolute Gasteiger partial charge is 0.257 e. The number of methoxy groups -OCH3 is 1. The Morgan fingerprint density at radius 2 is 2.06 bits per heavy atom. The van der Waals surface area contributed by atoms with Crippen molar-refractivity contribution in [2.45, 2.75) is 0 Å². The van der Waals surface area contributed by atoms with Gasteiger partial charge in [-0.3, -0.25) is 19.2 Å². The highest BCUT2D eigenvalue weighted by atomic mass is 35.5. The first kappa shape index (κ1) is 24.1. The van der Waals surface area contributed by atoms with Gasteiger partial charge in [0, 0.05) is 36.3 Å². The third-order valence-corrected chi connectivity index (χ3v) is 8.49. The third kappa shape index (κ3) is 5.61. The molecule has 3 aromatic heterocycles. The largest absolute Gasteiger partial charge is 0.481 e. The van der Waals surface area contributed by atoms with E-state index in [1.54, 1.807) is 12.1 Å². The van der Waals surface area contributed by atoms with E-state index >= 15 is 0 Å². The minimum absolute atomic E-state index is 0. The van der Waals surface area contributed by atoms with Crippen LogP contribution in [0.1, 0.15) is 10.4 Å². The number of anilines is 2. The average molecular weight is 523 g/mol. The van der Waals surface area contributed by atoms with Crippen LogP contribution in [0.25, 0.3) is 10.6 Å². The maximum absolute atomic E-state index is 12.7. The van der Waals surface area contributed by atoms with Crippen LogP contribution in [0.3, 0.4) is 0 Å². The van der Waals surface area contributed by atoms with Crippen LogP contribution < -0.4 is 15.0 Å². The van der Waals surface area contributed by atoms with Crippen LogP contribution in [0.15, 0.2) is 29.8 Å². The van der Waals surface area contributed by atoms with Crippen LogP contribution in [-0.2, 0) is 0 Å². The van der Waals surface area contributed by atoms with E-state index in [0.29, 0.717) is 46.2 Å². The number of amides is 1. The molecule has 1 saturated heterocycles. The summed E-state index contributed by atoms with van der Waals surface area (Å²) in [5.41, 5.74) is 1.13. The van der Waals surface area contributed by atoms with Crippen molar-refractivity contribution in [2.75, 3.05) is 41.9 Å². The van der Waals surface area contributed by atoms with Gasteiger partial charge in [-0.25, -0.2) is 9.97 Å². The summed E-state index contributed by atoms with van der Waals surface area (Å²) in [7, 11) is -1.03. The van der Waals surface area contributed by atoms with Gasteiger partial charge in [-0.1, -0.05) is 22.9 Å². The van der Waals surface area contributed by atoms with Crippen molar-refractivity contribution < 1.29 is 18.6 Å². The van der Waals surface area contributed by atoms with Crippen molar-refractivity contribution in [3.63, 3.8) is 0 Å². The fourth-order valence-corrected chi connectivity index (χ4v) is 6.32. The van der Waals surface area contributed by atoms with E-state index in [0.717, 1.165) is 15.6 Å². The predicted octanol–water partition coefficient (Wildman–Crippen LogP) is 5.17. The molecule has 168 valence electrons. The maximum Gasteiger partial charge on any atom is 0.257 e. The van der Waals surface area contributed by atoms with Crippen LogP contribution in [-0.4, -0.2) is 56.7 Å². The van der Waals surface area contributed by atoms with E-state index in [4.69, 9.17) is 16.3 Å². The number of ether oxygens (including phenoxy) is 1. The lowest BCUT2D eigenvalue weighted by atomic mass is 10.2. The SMILES string of the molecule is COc1cc(C(=O)Nc2nc(-c3cc(Cl)cs3)c(N3CCS(O)(O)CC3)s2)ccn1.Cl. The summed E-state index contributed by atoms with van der Waals surface area (Å²) >= 11 is 8.93. The van der Waals surface area contributed by atoms with Gasteiger partial charge in [0.05, 0.1) is 28.5 Å². The number of pyridine rings is 1. The Hall–Kier alpha value is -1.60. The number of nitrogens with zero attached hydrogens (tertiary/aromatic N) is 3. The number of aromatic nitrogens is 2. The van der Waals surface area contributed by atoms with Crippen LogP contribution >= 0.6 is 57.3 Å². The number of thiazole rings is 1. The Morgan fingerprint density at radius 1 is 1.32 bits per heavy atom. The molecule has 13 heteroatoms. The second-order valence-corrected chi connectivity index (χ2v) is 11.3. The van der Waals surface area contributed by atoms with Gasteiger partial charge < -0.3 is 9.64 Å². The number of carbonyl (C=O) groups is 1. The van der Waals surface area contributed by atoms with Crippen LogP contribution in [0.5, 0.6) is 5.88 Å². The molecule has 1 aliphatic rings. The molecule has 4 rings (SSSR count). The topological polar surface area (TPSA) is 108 Å². The van der Waals surface area contributed by atoms with Crippen molar-refractivity contribution in [3.8, 4) is 16.5 Å². The first-order valence-electron chi connectivity index (χ1n) is 8.90. The average Bonchev–Trinajstić information content (AvgIpc) is 3.34. The maximum atomic E-state index is 12.7. The van der Waals surface area contributed by atoms with Gasteiger partial charge in [-0.05, 0) is 12.1 Å². The van der Waals surface area contributed by atoms with Crippen molar-refractivity contribution in [2.24, 2.45) is 0 Å². The highest BCUT2D eigenvalue weighted by Crippen LogP contribution is 2.46. The summed E-state index contributed by atoms with van der Waals surface area (Å²) in [5.74, 6) is 0.658. The molecule has 0 radical (unpaired) electrons. The highest BCUT2D eigenvalue weighted by Gasteiger charge is 2.27. The number of carbonyl (C=O) groups excluding carboxylic acids is 1. The molecule has 0 bridgehead atoms. The lowest BCUT2D eigenvalue weighted by molar-refractivity contribution is 0.102. The predicted molar refractivity (Wildman–Crippen MR) is 131 cm³/mol. The van der Waals surface area contributed by atoms with Crippen molar-refractivity contribution in [1.82, 2.24) is 9.97 Å². The second kappa shape index (κ2) is 9.90. The van der Waals surface area contributed by atoms with Gasteiger partial charge in [0.2, 0.25) is 5.88 Å². The Bertz CT molecular complexity index is 1070. The minimum atomic E-state index is -2.52. The second-order valence-electron chi connectivity index (χ2n) is 6.54. The van der Waals surface area contributed by atoms with Crippen molar-refractivity contribution in [3.05, 3.63) is 40.4 Å². The molecule has 3 aromatic rings. The number of thiophene rings is 1. The summed E-state index contributed by atoms with van der Waals surface area (Å²) in [5, 5.41) is 6.60. The number of hydrogen-bond acceptors (Lipinski definition) is 9. The normalized spacial score (nSPS) is 16.3. The summed E-state index contributed by atoms with van der Waals surface area (Å²) in [4.78, 5) is 24.3. The summed E-state index contributed by atoms with van der Waals surface area (Å²) < 4.78 is 24.9. The number of nitrogens with one attached hydrogen (secondary N) is 1. The number of halogens is 2. The van der Waals surface area contributed by atoms with Gasteiger partial charge in [0.25, 0.3) is 5.91 Å². The molecule has 0 aromatic carbocycles. The summed E-state index contributed by atoms with van der Waals surface area (Å²) in [6, 6.07) is 4.99. The molecular formula is C18H20Cl2N4O4S3. The van der Waals surface area contributed by atoms with E-state index in [-0.39, 0.29) is 18.3 Å². The minimum Gasteiger partial charge on any atom is -0.481 e. The van der Waals surface area contributed by atoms with Gasteiger partial charge in [-0.15, -0.1) is 23.7 Å². The number of rotatable bonds is 5. The van der Waals surface area contributed by atoms with Crippen LogP contribution in [0.4, 0.5) is 10.1 Å². The molecule has 0 saturated carbocycles. The quantitative estimate of drug-likeness (QED) is 0.423. The molecule has 0 unspecified atom stereocenters. The first-order chi connectivity index (χ1) is 14.3. The Labute approximate surface area is 200 Å². The molecule has 31 heavy (non-hydrogen) atoms.